The number of nitrogens with zero attached hydrogens (tertiary/aromatic N) is 7. The van der Waals surface area contributed by atoms with Crippen molar-refractivity contribution in [1.29, 1.82) is 0 Å². The number of fused-ring (bicyclic) bond motifs is 3. The van der Waals surface area contributed by atoms with Gasteiger partial charge in [-0.2, -0.15) is 0 Å². The van der Waals surface area contributed by atoms with Crippen molar-refractivity contribution in [2.45, 2.75) is 18.2 Å². The molecule has 0 saturated carbocycles. The van der Waals surface area contributed by atoms with Crippen LogP contribution in [0.3, 0.4) is 0 Å². The summed E-state index contributed by atoms with van der Waals surface area (Å²) in [6.45, 7) is 0.190. The lowest BCUT2D eigenvalue weighted by molar-refractivity contribution is 0.260. The zero-order valence-corrected chi connectivity index (χ0v) is 20.1. The van der Waals surface area contributed by atoms with Crippen molar-refractivity contribution in [1.82, 2.24) is 34.7 Å². The lowest BCUT2D eigenvalue weighted by atomic mass is 10.1. The van der Waals surface area contributed by atoms with Gasteiger partial charge < -0.3 is 9.47 Å². The Hall–Kier alpha value is -3.64. The first-order chi connectivity index (χ1) is 16.9. The molecule has 0 bridgehead atoms. The summed E-state index contributed by atoms with van der Waals surface area (Å²) in [4.78, 5) is 16.5. The smallest absolute Gasteiger partial charge is 0.257 e. The van der Waals surface area contributed by atoms with Crippen molar-refractivity contribution in [3.63, 3.8) is 0 Å². The number of rotatable bonds is 7. The number of ether oxygens (including phenoxy) is 2. The molecular formula is C22H20ClN7O4S. The number of aryl methyl sites for hydroxylation is 1. The van der Waals surface area contributed by atoms with Crippen molar-refractivity contribution in [3.05, 3.63) is 71.4 Å². The summed E-state index contributed by atoms with van der Waals surface area (Å²) in [6, 6.07) is 5.03. The Balaban J connectivity index is 1.52. The van der Waals surface area contributed by atoms with Gasteiger partial charge in [0.1, 0.15) is 24.0 Å². The molecule has 1 aliphatic rings. The molecule has 0 spiro atoms. The van der Waals surface area contributed by atoms with E-state index in [1.54, 1.807) is 29.2 Å². The average Bonchev–Trinajstić information content (AvgIpc) is 3.18. The predicted octanol–water partition coefficient (Wildman–Crippen LogP) is 2.33. The number of methoxy groups -OCH3 is 1. The molecule has 0 saturated heterocycles. The van der Waals surface area contributed by atoms with E-state index in [1.165, 1.54) is 19.5 Å². The summed E-state index contributed by atoms with van der Waals surface area (Å²) in [5.74, 6) is 1.43. The van der Waals surface area contributed by atoms with Crippen LogP contribution >= 0.6 is 11.6 Å². The highest BCUT2D eigenvalue weighted by Crippen LogP contribution is 2.41. The maximum Gasteiger partial charge on any atom is 0.257 e. The molecule has 0 unspecified atom stereocenters. The summed E-state index contributed by atoms with van der Waals surface area (Å²) in [5, 5.41) is 9.01. The van der Waals surface area contributed by atoms with Crippen molar-refractivity contribution >= 4 is 21.4 Å². The highest BCUT2D eigenvalue weighted by Gasteiger charge is 2.32. The number of halogens is 1. The van der Waals surface area contributed by atoms with E-state index in [9.17, 15) is 8.42 Å². The van der Waals surface area contributed by atoms with Crippen LogP contribution in [-0.4, -0.2) is 62.6 Å². The second kappa shape index (κ2) is 9.55. The second-order valence-electron chi connectivity index (χ2n) is 7.77. The first-order valence-corrected chi connectivity index (χ1v) is 12.8. The molecule has 4 aromatic heterocycles. The van der Waals surface area contributed by atoms with Gasteiger partial charge in [0.2, 0.25) is 0 Å². The Bertz CT molecular complexity index is 1450. The van der Waals surface area contributed by atoms with Gasteiger partial charge in [-0.1, -0.05) is 11.6 Å². The zero-order chi connectivity index (χ0) is 24.4. The molecule has 11 nitrogen and oxygen atoms in total. The van der Waals surface area contributed by atoms with Gasteiger partial charge in [-0.15, -0.1) is 10.2 Å². The molecule has 1 atom stereocenters. The average molecular weight is 514 g/mol. The molecule has 0 fully saturated rings. The van der Waals surface area contributed by atoms with Crippen molar-refractivity contribution in [2.24, 2.45) is 0 Å². The molecule has 5 rings (SSSR count). The summed E-state index contributed by atoms with van der Waals surface area (Å²) in [5.41, 5.74) is 1.48. The molecule has 180 valence electrons. The van der Waals surface area contributed by atoms with Crippen LogP contribution in [0.2, 0.25) is 5.02 Å². The fraction of sp³-hybridized carbons (Fsp3) is 0.273. The second-order valence-corrected chi connectivity index (χ2v) is 10.4. The third-order valence-corrected chi connectivity index (χ3v) is 7.24. The minimum Gasteiger partial charge on any atom is -0.485 e. The van der Waals surface area contributed by atoms with Crippen LogP contribution in [0.15, 0.2) is 49.2 Å². The van der Waals surface area contributed by atoms with Crippen molar-refractivity contribution in [3.8, 4) is 23.0 Å². The maximum absolute atomic E-state index is 13.1. The summed E-state index contributed by atoms with van der Waals surface area (Å²) < 4.78 is 39.4. The molecule has 13 heteroatoms. The standard InChI is InChI=1S/C22H20ClN7O4S/c1-33-22-20-16(4-8-25-22)21-29-28-19(30(21)17(12-34-20)14-2-6-24-7-3-14)13-35(31,32)9-5-18-26-10-15(23)11-27-18/h2-4,6-8,10-11,17H,5,9,12-13H2,1H3/t17-/m0/s1. The highest BCUT2D eigenvalue weighted by atomic mass is 35.5. The zero-order valence-electron chi connectivity index (χ0n) is 18.6. The molecule has 0 amide bonds. The lowest BCUT2D eigenvalue weighted by Gasteiger charge is -2.20. The number of aromatic nitrogens is 7. The third-order valence-electron chi connectivity index (χ3n) is 5.52. The number of sulfone groups is 1. The van der Waals surface area contributed by atoms with Gasteiger partial charge >= 0.3 is 0 Å². The fourth-order valence-electron chi connectivity index (χ4n) is 3.87. The van der Waals surface area contributed by atoms with Crippen LogP contribution in [0.4, 0.5) is 0 Å². The molecule has 0 N–H and O–H groups in total. The van der Waals surface area contributed by atoms with E-state index in [-0.39, 0.29) is 24.5 Å². The van der Waals surface area contributed by atoms with Gasteiger partial charge in [0.05, 0.1) is 29.5 Å². The predicted molar refractivity (Wildman–Crippen MR) is 126 cm³/mol. The number of hydrogen-bond acceptors (Lipinski definition) is 10. The first kappa shape index (κ1) is 23.1. The van der Waals surface area contributed by atoms with Crippen LogP contribution in [-0.2, 0) is 22.0 Å². The van der Waals surface area contributed by atoms with E-state index in [1.807, 2.05) is 12.1 Å². The SMILES string of the molecule is COc1nccc2c1OC[C@@H](c1ccncc1)n1c(CS(=O)(=O)CCc3ncc(Cl)cn3)nnc1-2. The monoisotopic (exact) mass is 513 g/mol. The van der Waals surface area contributed by atoms with Crippen molar-refractivity contribution in [2.75, 3.05) is 19.5 Å². The molecule has 5 heterocycles. The van der Waals surface area contributed by atoms with E-state index in [4.69, 9.17) is 21.1 Å². The van der Waals surface area contributed by atoms with Gasteiger partial charge in [-0.25, -0.2) is 23.4 Å². The Morgan fingerprint density at radius 2 is 1.89 bits per heavy atom. The van der Waals surface area contributed by atoms with Crippen molar-refractivity contribution < 1.29 is 17.9 Å². The summed E-state index contributed by atoms with van der Waals surface area (Å²) in [6.07, 6.45) is 7.95. The summed E-state index contributed by atoms with van der Waals surface area (Å²) >= 11 is 5.81. The van der Waals surface area contributed by atoms with Crippen LogP contribution in [0.25, 0.3) is 11.4 Å². The molecule has 4 aromatic rings. The van der Waals surface area contributed by atoms with E-state index < -0.39 is 15.9 Å². The van der Waals surface area contributed by atoms with E-state index >= 15 is 0 Å². The Morgan fingerprint density at radius 3 is 2.63 bits per heavy atom. The number of pyridine rings is 2. The van der Waals surface area contributed by atoms with Crippen LogP contribution < -0.4 is 9.47 Å². The normalized spacial score (nSPS) is 15.0. The molecule has 0 radical (unpaired) electrons. The Labute approximate surface area is 206 Å². The van der Waals surface area contributed by atoms with Gasteiger partial charge in [0, 0.05) is 37.4 Å². The van der Waals surface area contributed by atoms with Crippen LogP contribution in [0.1, 0.15) is 23.3 Å². The Morgan fingerprint density at radius 1 is 1.11 bits per heavy atom. The molecule has 35 heavy (non-hydrogen) atoms. The van der Waals surface area contributed by atoms with Gasteiger partial charge in [-0.3, -0.25) is 9.55 Å². The minimum atomic E-state index is -3.58. The van der Waals surface area contributed by atoms with Gasteiger partial charge in [0.15, 0.2) is 21.4 Å². The Kier molecular flexibility index (Phi) is 6.31. The van der Waals surface area contributed by atoms with E-state index in [0.29, 0.717) is 39.7 Å². The molecule has 0 aromatic carbocycles. The largest absolute Gasteiger partial charge is 0.485 e. The van der Waals surface area contributed by atoms with E-state index in [0.717, 1.165) is 5.56 Å². The third kappa shape index (κ3) is 4.80. The van der Waals surface area contributed by atoms with Crippen LogP contribution in [0.5, 0.6) is 11.6 Å². The highest BCUT2D eigenvalue weighted by molar-refractivity contribution is 7.90. The van der Waals surface area contributed by atoms with Gasteiger partial charge in [0.25, 0.3) is 5.88 Å². The number of hydrogen-bond donors (Lipinski definition) is 0. The summed E-state index contributed by atoms with van der Waals surface area (Å²) in [7, 11) is -2.08. The van der Waals surface area contributed by atoms with E-state index in [2.05, 4.69) is 30.1 Å². The fourth-order valence-corrected chi connectivity index (χ4v) is 5.20. The molecular weight excluding hydrogens is 494 g/mol. The minimum absolute atomic E-state index is 0.151. The topological polar surface area (TPSA) is 135 Å². The first-order valence-electron chi connectivity index (χ1n) is 10.6. The maximum atomic E-state index is 13.1. The molecule has 1 aliphatic heterocycles. The quantitative estimate of drug-likeness (QED) is 0.362. The molecule has 0 aliphatic carbocycles. The van der Waals surface area contributed by atoms with Gasteiger partial charge in [-0.05, 0) is 23.8 Å². The van der Waals surface area contributed by atoms with Crippen LogP contribution in [0, 0.1) is 0 Å². The lowest BCUT2D eigenvalue weighted by Crippen LogP contribution is -2.22.